The van der Waals surface area contributed by atoms with E-state index < -0.39 is 11.2 Å². The van der Waals surface area contributed by atoms with Crippen LogP contribution >= 0.6 is 0 Å². The van der Waals surface area contributed by atoms with Crippen LogP contribution in [0.15, 0.2) is 9.59 Å². The number of carbonyl (C=O) groups excluding carboxylic acids is 2. The summed E-state index contributed by atoms with van der Waals surface area (Å²) in [5.74, 6) is -0.248. The van der Waals surface area contributed by atoms with Crippen LogP contribution in [0.2, 0.25) is 0 Å². The fourth-order valence-electron chi connectivity index (χ4n) is 4.62. The van der Waals surface area contributed by atoms with Gasteiger partial charge in [0, 0.05) is 25.7 Å². The summed E-state index contributed by atoms with van der Waals surface area (Å²) in [6.45, 7) is 12.0. The van der Waals surface area contributed by atoms with Crippen molar-refractivity contribution in [1.29, 1.82) is 0 Å². The van der Waals surface area contributed by atoms with Gasteiger partial charge in [0.05, 0.1) is 12.5 Å². The summed E-state index contributed by atoms with van der Waals surface area (Å²) in [6, 6.07) is 0.130. The molecule has 0 bridgehead atoms. The van der Waals surface area contributed by atoms with Crippen LogP contribution in [0.4, 0.5) is 11.5 Å². The van der Waals surface area contributed by atoms with Crippen LogP contribution in [0.25, 0.3) is 0 Å². The van der Waals surface area contributed by atoms with Crippen LogP contribution in [-0.2, 0) is 16.1 Å². The number of piperidine rings is 1. The number of aromatic nitrogens is 2. The van der Waals surface area contributed by atoms with E-state index in [-0.39, 0.29) is 47.7 Å². The third-order valence-corrected chi connectivity index (χ3v) is 6.41. The number of anilines is 2. The van der Waals surface area contributed by atoms with Gasteiger partial charge in [-0.1, -0.05) is 40.5 Å². The molecule has 10 nitrogen and oxygen atoms in total. The first-order valence-electron chi connectivity index (χ1n) is 13.0. The number of amides is 2. The van der Waals surface area contributed by atoms with Crippen molar-refractivity contribution in [3.8, 4) is 0 Å². The number of aromatic amines is 1. The molecule has 35 heavy (non-hydrogen) atoms. The van der Waals surface area contributed by atoms with Gasteiger partial charge in [-0.15, -0.1) is 0 Å². The zero-order chi connectivity index (χ0) is 26.1. The van der Waals surface area contributed by atoms with E-state index in [2.05, 4.69) is 17.2 Å². The highest BCUT2D eigenvalue weighted by atomic mass is 16.2. The van der Waals surface area contributed by atoms with Crippen LogP contribution in [0.1, 0.15) is 73.1 Å². The molecule has 1 aliphatic rings. The normalized spacial score (nSPS) is 17.4. The third kappa shape index (κ3) is 7.95. The van der Waals surface area contributed by atoms with Gasteiger partial charge < -0.3 is 16.0 Å². The van der Waals surface area contributed by atoms with Gasteiger partial charge in [0.25, 0.3) is 5.56 Å². The highest BCUT2D eigenvalue weighted by Gasteiger charge is 2.30. The number of nitrogens with one attached hydrogen (secondary N) is 2. The highest BCUT2D eigenvalue weighted by Crippen LogP contribution is 2.21. The summed E-state index contributed by atoms with van der Waals surface area (Å²) < 4.78 is 1.33. The zero-order valence-corrected chi connectivity index (χ0v) is 22.1. The predicted octanol–water partition coefficient (Wildman–Crippen LogP) is 1.92. The molecule has 0 radical (unpaired) electrons. The minimum atomic E-state index is -0.655. The molecule has 1 saturated heterocycles. The van der Waals surface area contributed by atoms with E-state index in [0.29, 0.717) is 32.6 Å². The van der Waals surface area contributed by atoms with Crippen molar-refractivity contribution in [3.05, 3.63) is 20.8 Å². The summed E-state index contributed by atoms with van der Waals surface area (Å²) in [7, 11) is 0. The molecule has 2 atom stereocenters. The molecule has 2 unspecified atom stereocenters. The Morgan fingerprint density at radius 1 is 1.20 bits per heavy atom. The van der Waals surface area contributed by atoms with E-state index in [1.807, 2.05) is 32.6 Å². The van der Waals surface area contributed by atoms with Gasteiger partial charge in [-0.2, -0.15) is 0 Å². The third-order valence-electron chi connectivity index (χ3n) is 6.41. The molecule has 2 heterocycles. The second kappa shape index (κ2) is 13.5. The first-order valence-corrected chi connectivity index (χ1v) is 13.0. The number of carbonyl (C=O) groups is 2. The van der Waals surface area contributed by atoms with Crippen molar-refractivity contribution >= 4 is 23.3 Å². The number of nitrogen functional groups attached to an aromatic ring is 1. The smallest absolute Gasteiger partial charge is 0.330 e. The van der Waals surface area contributed by atoms with Crippen molar-refractivity contribution in [1.82, 2.24) is 19.8 Å². The first kappa shape index (κ1) is 28.6. The van der Waals surface area contributed by atoms with Crippen molar-refractivity contribution in [3.63, 3.8) is 0 Å². The molecule has 10 heteroatoms. The van der Waals surface area contributed by atoms with Crippen LogP contribution in [0.3, 0.4) is 0 Å². The maximum atomic E-state index is 13.5. The Kier molecular flexibility index (Phi) is 11.0. The number of hydrogen-bond acceptors (Lipinski definition) is 6. The van der Waals surface area contributed by atoms with Crippen molar-refractivity contribution in [2.24, 2.45) is 11.8 Å². The molecule has 2 rings (SSSR count). The van der Waals surface area contributed by atoms with E-state index in [4.69, 9.17) is 5.73 Å². The first-order chi connectivity index (χ1) is 16.6. The van der Waals surface area contributed by atoms with Gasteiger partial charge in [0.1, 0.15) is 5.82 Å². The lowest BCUT2D eigenvalue weighted by Crippen LogP contribution is -2.50. The molecule has 2 amide bonds. The molecule has 1 aliphatic heterocycles. The maximum absolute atomic E-state index is 13.5. The monoisotopic (exact) mass is 492 g/mol. The number of rotatable bonds is 12. The van der Waals surface area contributed by atoms with Crippen LogP contribution in [0, 0.1) is 11.8 Å². The molecule has 1 aromatic heterocycles. The highest BCUT2D eigenvalue weighted by molar-refractivity contribution is 5.96. The average molecular weight is 493 g/mol. The molecule has 0 aromatic carbocycles. The Labute approximate surface area is 208 Å². The minimum Gasteiger partial charge on any atom is -0.383 e. The quantitative estimate of drug-likeness (QED) is 0.408. The second-order valence-corrected chi connectivity index (χ2v) is 10.2. The molecular formula is C25H44N6O4. The van der Waals surface area contributed by atoms with E-state index in [1.165, 1.54) is 9.47 Å². The fraction of sp³-hybridized carbons (Fsp3) is 0.760. The minimum absolute atomic E-state index is 0.0118. The van der Waals surface area contributed by atoms with Crippen LogP contribution in [0.5, 0.6) is 0 Å². The average Bonchev–Trinajstić information content (AvgIpc) is 2.78. The summed E-state index contributed by atoms with van der Waals surface area (Å²) in [6.07, 6.45) is 5.07. The summed E-state index contributed by atoms with van der Waals surface area (Å²) >= 11 is 0. The molecule has 4 N–H and O–H groups in total. The van der Waals surface area contributed by atoms with E-state index in [0.717, 1.165) is 32.1 Å². The molecule has 0 saturated carbocycles. The van der Waals surface area contributed by atoms with Gasteiger partial charge >= 0.3 is 5.69 Å². The van der Waals surface area contributed by atoms with Crippen LogP contribution < -0.4 is 27.2 Å². The van der Waals surface area contributed by atoms with Gasteiger partial charge in [-0.05, 0) is 45.1 Å². The summed E-state index contributed by atoms with van der Waals surface area (Å²) in [5.41, 5.74) is 5.09. The van der Waals surface area contributed by atoms with Gasteiger partial charge in [0.2, 0.25) is 11.8 Å². The lowest BCUT2D eigenvalue weighted by Gasteiger charge is -2.34. The summed E-state index contributed by atoms with van der Waals surface area (Å²) in [4.78, 5) is 57.1. The Balaban J connectivity index is 2.23. The topological polar surface area (TPSA) is 134 Å². The van der Waals surface area contributed by atoms with Gasteiger partial charge in [0.15, 0.2) is 5.69 Å². The molecule has 1 fully saturated rings. The van der Waals surface area contributed by atoms with Crippen LogP contribution in [-0.4, -0.2) is 58.5 Å². The molecular weight excluding hydrogens is 448 g/mol. The Hall–Kier alpha value is -2.62. The lowest BCUT2D eigenvalue weighted by molar-refractivity contribution is -0.128. The molecule has 198 valence electrons. The van der Waals surface area contributed by atoms with Gasteiger partial charge in [-0.3, -0.25) is 28.8 Å². The number of unbranched alkanes of at least 4 members (excludes halogenated alkanes) is 1. The van der Waals surface area contributed by atoms with Gasteiger partial charge in [-0.25, -0.2) is 4.79 Å². The number of nitrogens with zero attached hydrogens (tertiary/aromatic N) is 3. The number of nitrogens with two attached hydrogens (primary N) is 1. The Morgan fingerprint density at radius 2 is 1.91 bits per heavy atom. The van der Waals surface area contributed by atoms with E-state index in [1.54, 1.807) is 0 Å². The number of likely N-dealkylation sites (tertiary alicyclic amines) is 1. The van der Waals surface area contributed by atoms with E-state index >= 15 is 0 Å². The zero-order valence-electron chi connectivity index (χ0n) is 22.1. The van der Waals surface area contributed by atoms with E-state index in [9.17, 15) is 19.2 Å². The number of H-pyrrole nitrogens is 1. The lowest BCUT2D eigenvalue weighted by atomic mass is 9.96. The second-order valence-electron chi connectivity index (χ2n) is 10.2. The Morgan fingerprint density at radius 3 is 2.54 bits per heavy atom. The Bertz CT molecular complexity index is 970. The fourth-order valence-corrected chi connectivity index (χ4v) is 4.62. The van der Waals surface area contributed by atoms with Crippen molar-refractivity contribution in [2.75, 3.05) is 36.8 Å². The van der Waals surface area contributed by atoms with Crippen molar-refractivity contribution in [2.45, 2.75) is 85.7 Å². The largest absolute Gasteiger partial charge is 0.383 e. The molecule has 0 aliphatic carbocycles. The maximum Gasteiger partial charge on any atom is 0.330 e. The predicted molar refractivity (Wildman–Crippen MR) is 140 cm³/mol. The molecule has 1 aromatic rings. The SMILES string of the molecule is CCCCN(C(=O)CN1CCCC(C(=O)NC(C)CCC)C1)c1c(N)n(CC(C)C)c(=O)[nH]c1=O. The number of hydrogen-bond donors (Lipinski definition) is 3. The van der Waals surface area contributed by atoms with Crippen molar-refractivity contribution < 1.29 is 9.59 Å². The summed E-state index contributed by atoms with van der Waals surface area (Å²) in [5, 5.41) is 3.09. The molecule has 0 spiro atoms. The standard InChI is InChI=1S/C25H44N6O4/c1-6-8-13-30(21-22(26)31(14-17(3)4)25(35)28-24(21)34)20(32)16-29-12-9-11-19(15-29)23(33)27-18(5)10-7-2/h17-19H,6-16,26H2,1-5H3,(H,27,33)(H,28,34,35).